The van der Waals surface area contributed by atoms with E-state index in [4.69, 9.17) is 0 Å². The molecule has 0 atom stereocenters. The number of carbonyl (C=O) groups is 2. The molecule has 10 heavy (non-hydrogen) atoms. The third-order valence-corrected chi connectivity index (χ3v) is 1.86. The first-order chi connectivity index (χ1) is 4.54. The summed E-state index contributed by atoms with van der Waals surface area (Å²) < 4.78 is 0. The minimum Gasteiger partial charge on any atom is -0.349 e. The number of piperidine rings is 1. The summed E-state index contributed by atoms with van der Waals surface area (Å²) in [6.07, 6.45) is 0.748. The number of hydrogen-bond donors (Lipinski definition) is 1. The predicted molar refractivity (Wildman–Crippen MR) is 36.4 cm³/mol. The molecule has 1 rings (SSSR count). The first-order valence-corrected chi connectivity index (χ1v) is 3.37. The molecular formula is C7H11NO2. The molecule has 1 aliphatic rings. The lowest BCUT2D eigenvalue weighted by molar-refractivity contribution is -0.145. The summed E-state index contributed by atoms with van der Waals surface area (Å²) in [5.74, 6) is -0.727. The Morgan fingerprint density at radius 2 is 2.00 bits per heavy atom. The first kappa shape index (κ1) is 7.25. The minimum atomic E-state index is -0.442. The quantitative estimate of drug-likeness (QED) is 0.486. The van der Waals surface area contributed by atoms with Crippen molar-refractivity contribution in [2.45, 2.75) is 20.3 Å². The van der Waals surface area contributed by atoms with Crippen LogP contribution in [0.3, 0.4) is 0 Å². The van der Waals surface area contributed by atoms with E-state index in [1.54, 1.807) is 13.8 Å². The molecule has 56 valence electrons. The topological polar surface area (TPSA) is 46.2 Å². The van der Waals surface area contributed by atoms with Crippen molar-refractivity contribution >= 4 is 11.7 Å². The van der Waals surface area contributed by atoms with Crippen molar-refractivity contribution in [2.24, 2.45) is 5.41 Å². The molecule has 3 nitrogen and oxygen atoms in total. The van der Waals surface area contributed by atoms with Crippen LogP contribution in [0, 0.1) is 5.41 Å². The second-order valence-corrected chi connectivity index (χ2v) is 3.22. The predicted octanol–water partition coefficient (Wildman–Crippen LogP) is 0.102. The van der Waals surface area contributed by atoms with Crippen LogP contribution in [0.25, 0.3) is 0 Å². The molecule has 0 bridgehead atoms. The molecular weight excluding hydrogens is 130 g/mol. The summed E-state index contributed by atoms with van der Waals surface area (Å²) in [5, 5.41) is 2.50. The summed E-state index contributed by atoms with van der Waals surface area (Å²) in [7, 11) is 0. The Bertz CT molecular complexity index is 184. The second-order valence-electron chi connectivity index (χ2n) is 3.22. The molecule has 0 saturated carbocycles. The monoisotopic (exact) mass is 141 g/mol. The van der Waals surface area contributed by atoms with Gasteiger partial charge in [-0.25, -0.2) is 0 Å². The number of amides is 1. The standard InChI is InChI=1S/C7H11NO2/c1-7(2)3-4-8-6(10)5(7)9/h3-4H2,1-2H3,(H,8,10). The van der Waals surface area contributed by atoms with Crippen LogP contribution >= 0.6 is 0 Å². The Balaban J connectivity index is 2.79. The summed E-state index contributed by atoms with van der Waals surface area (Å²) in [6, 6.07) is 0. The summed E-state index contributed by atoms with van der Waals surface area (Å²) in [6.45, 7) is 4.22. The van der Waals surface area contributed by atoms with Gasteiger partial charge in [0.1, 0.15) is 0 Å². The molecule has 1 heterocycles. The largest absolute Gasteiger partial charge is 0.349 e. The van der Waals surface area contributed by atoms with Gasteiger partial charge in [0.05, 0.1) is 0 Å². The molecule has 3 heteroatoms. The number of nitrogens with one attached hydrogen (secondary N) is 1. The van der Waals surface area contributed by atoms with Crippen molar-refractivity contribution in [3.05, 3.63) is 0 Å². The lowest BCUT2D eigenvalue weighted by Gasteiger charge is -2.26. The summed E-state index contributed by atoms with van der Waals surface area (Å²) in [4.78, 5) is 21.8. The summed E-state index contributed by atoms with van der Waals surface area (Å²) >= 11 is 0. The lowest BCUT2D eigenvalue weighted by atomic mass is 9.82. The highest BCUT2D eigenvalue weighted by Crippen LogP contribution is 2.23. The smallest absolute Gasteiger partial charge is 0.287 e. The fourth-order valence-corrected chi connectivity index (χ4v) is 0.990. The molecule has 0 radical (unpaired) electrons. The Labute approximate surface area is 59.8 Å². The van der Waals surface area contributed by atoms with E-state index in [9.17, 15) is 9.59 Å². The van der Waals surface area contributed by atoms with Crippen LogP contribution in [0.15, 0.2) is 0 Å². The van der Waals surface area contributed by atoms with E-state index in [0.29, 0.717) is 6.54 Å². The SMILES string of the molecule is CC1(C)CCNC(=O)C1=O. The van der Waals surface area contributed by atoms with E-state index in [2.05, 4.69) is 5.32 Å². The average molecular weight is 141 g/mol. The lowest BCUT2D eigenvalue weighted by Crippen LogP contribution is -2.47. The van der Waals surface area contributed by atoms with Crippen molar-refractivity contribution in [3.8, 4) is 0 Å². The zero-order valence-corrected chi connectivity index (χ0v) is 6.23. The van der Waals surface area contributed by atoms with Crippen molar-refractivity contribution in [2.75, 3.05) is 6.54 Å². The Morgan fingerprint density at radius 3 is 2.40 bits per heavy atom. The number of rotatable bonds is 0. The third kappa shape index (κ3) is 1.03. The average Bonchev–Trinajstić information content (AvgIpc) is 1.83. The number of carbonyl (C=O) groups excluding carboxylic acids is 2. The molecule has 1 saturated heterocycles. The second kappa shape index (κ2) is 2.08. The van der Waals surface area contributed by atoms with Crippen LogP contribution in [0.5, 0.6) is 0 Å². The van der Waals surface area contributed by atoms with E-state index < -0.39 is 11.3 Å². The molecule has 0 spiro atoms. The molecule has 1 amide bonds. The van der Waals surface area contributed by atoms with Gasteiger partial charge >= 0.3 is 0 Å². The fraction of sp³-hybridized carbons (Fsp3) is 0.714. The minimum absolute atomic E-state index is 0.293. The zero-order valence-electron chi connectivity index (χ0n) is 6.23. The maximum absolute atomic E-state index is 11.0. The van der Waals surface area contributed by atoms with Gasteiger partial charge in [0, 0.05) is 12.0 Å². The molecule has 0 aromatic heterocycles. The van der Waals surface area contributed by atoms with E-state index in [1.165, 1.54) is 0 Å². The van der Waals surface area contributed by atoms with E-state index in [1.807, 2.05) is 0 Å². The van der Waals surface area contributed by atoms with Crippen LogP contribution < -0.4 is 5.32 Å². The van der Waals surface area contributed by atoms with Gasteiger partial charge in [0.15, 0.2) is 0 Å². The van der Waals surface area contributed by atoms with Gasteiger partial charge in [-0.15, -0.1) is 0 Å². The number of hydrogen-bond acceptors (Lipinski definition) is 2. The number of Topliss-reactive ketones (excluding diaryl/α,β-unsaturated/α-hetero) is 1. The molecule has 1 N–H and O–H groups in total. The highest BCUT2D eigenvalue weighted by molar-refractivity contribution is 6.38. The maximum atomic E-state index is 11.0. The van der Waals surface area contributed by atoms with E-state index >= 15 is 0 Å². The number of ketones is 1. The molecule has 1 fully saturated rings. The molecule has 0 aromatic rings. The highest BCUT2D eigenvalue weighted by atomic mass is 16.2. The van der Waals surface area contributed by atoms with Crippen molar-refractivity contribution in [3.63, 3.8) is 0 Å². The van der Waals surface area contributed by atoms with Crippen molar-refractivity contribution in [1.29, 1.82) is 0 Å². The van der Waals surface area contributed by atoms with Crippen molar-refractivity contribution in [1.82, 2.24) is 5.32 Å². The van der Waals surface area contributed by atoms with Crippen LogP contribution in [-0.2, 0) is 9.59 Å². The summed E-state index contributed by atoms with van der Waals surface area (Å²) in [5.41, 5.74) is -0.442. The highest BCUT2D eigenvalue weighted by Gasteiger charge is 2.35. The zero-order chi connectivity index (χ0) is 7.78. The van der Waals surface area contributed by atoms with Gasteiger partial charge in [-0.1, -0.05) is 13.8 Å². The third-order valence-electron chi connectivity index (χ3n) is 1.86. The Hall–Kier alpha value is -0.860. The van der Waals surface area contributed by atoms with Gasteiger partial charge in [-0.05, 0) is 6.42 Å². The van der Waals surface area contributed by atoms with Gasteiger partial charge in [-0.2, -0.15) is 0 Å². The molecule has 1 aliphatic heterocycles. The first-order valence-electron chi connectivity index (χ1n) is 3.37. The van der Waals surface area contributed by atoms with Crippen LogP contribution in [-0.4, -0.2) is 18.2 Å². The van der Waals surface area contributed by atoms with Gasteiger partial charge < -0.3 is 5.32 Å². The van der Waals surface area contributed by atoms with Crippen molar-refractivity contribution < 1.29 is 9.59 Å². The van der Waals surface area contributed by atoms with E-state index in [-0.39, 0.29) is 5.78 Å². The van der Waals surface area contributed by atoms with Crippen LogP contribution in [0.1, 0.15) is 20.3 Å². The van der Waals surface area contributed by atoms with Crippen LogP contribution in [0.4, 0.5) is 0 Å². The Kier molecular flexibility index (Phi) is 1.50. The van der Waals surface area contributed by atoms with Gasteiger partial charge in [-0.3, -0.25) is 9.59 Å². The van der Waals surface area contributed by atoms with Gasteiger partial charge in [0.25, 0.3) is 5.91 Å². The molecule has 0 aromatic carbocycles. The van der Waals surface area contributed by atoms with Crippen LogP contribution in [0.2, 0.25) is 0 Å². The molecule has 0 unspecified atom stereocenters. The Morgan fingerprint density at radius 1 is 1.40 bits per heavy atom. The normalized spacial score (nSPS) is 24.2. The van der Waals surface area contributed by atoms with Gasteiger partial charge in [0.2, 0.25) is 5.78 Å². The fourth-order valence-electron chi connectivity index (χ4n) is 0.990. The molecule has 0 aliphatic carbocycles. The maximum Gasteiger partial charge on any atom is 0.287 e. The van der Waals surface area contributed by atoms with E-state index in [0.717, 1.165) is 6.42 Å².